The first-order chi connectivity index (χ1) is 7.34. The van der Waals surface area contributed by atoms with Gasteiger partial charge in [-0.05, 0) is 12.5 Å². The highest BCUT2D eigenvalue weighted by Crippen LogP contribution is 2.00. The molecule has 0 aliphatic heterocycles. The van der Waals surface area contributed by atoms with Gasteiger partial charge in [-0.2, -0.15) is 0 Å². The molecule has 15 heavy (non-hydrogen) atoms. The Hall–Kier alpha value is -1.19. The lowest BCUT2D eigenvalue weighted by molar-refractivity contribution is 0.0978. The molecule has 0 spiro atoms. The van der Waals surface area contributed by atoms with Gasteiger partial charge in [0.2, 0.25) is 0 Å². The summed E-state index contributed by atoms with van der Waals surface area (Å²) in [5.74, 6) is 0. The quantitative estimate of drug-likeness (QED) is 0.567. The van der Waals surface area contributed by atoms with Gasteiger partial charge in [-0.1, -0.05) is 30.3 Å². The van der Waals surface area contributed by atoms with Crippen LogP contribution in [0.4, 0.5) is 0 Å². The number of benzene rings is 1. The van der Waals surface area contributed by atoms with Crippen LogP contribution in [0.25, 0.3) is 0 Å². The Labute approximate surface area is 90.4 Å². The number of aliphatic hydroxyl groups is 1. The minimum Gasteiger partial charge on any atom is -0.394 e. The molecule has 0 atom stereocenters. The molecule has 0 heterocycles. The van der Waals surface area contributed by atoms with Crippen LogP contribution in [-0.4, -0.2) is 37.2 Å². The fraction of sp³-hybridized carbons (Fsp3) is 0.417. The van der Waals surface area contributed by atoms with Gasteiger partial charge in [-0.3, -0.25) is 4.99 Å². The summed E-state index contributed by atoms with van der Waals surface area (Å²) in [6.07, 6.45) is 0. The van der Waals surface area contributed by atoms with Gasteiger partial charge < -0.3 is 9.84 Å². The number of hydrogen-bond acceptors (Lipinski definition) is 3. The molecular formula is C12H17NO2. The van der Waals surface area contributed by atoms with E-state index in [0.717, 1.165) is 11.3 Å². The normalized spacial score (nSPS) is 11.7. The van der Waals surface area contributed by atoms with Crippen LogP contribution < -0.4 is 0 Å². The van der Waals surface area contributed by atoms with E-state index in [0.29, 0.717) is 19.8 Å². The van der Waals surface area contributed by atoms with Crippen LogP contribution in [-0.2, 0) is 4.74 Å². The van der Waals surface area contributed by atoms with Crippen molar-refractivity contribution in [2.24, 2.45) is 4.99 Å². The fourth-order valence-corrected chi connectivity index (χ4v) is 1.22. The van der Waals surface area contributed by atoms with Crippen LogP contribution >= 0.6 is 0 Å². The lowest BCUT2D eigenvalue weighted by Gasteiger charge is -2.01. The van der Waals surface area contributed by atoms with Crippen LogP contribution in [0.2, 0.25) is 0 Å². The Morgan fingerprint density at radius 3 is 2.67 bits per heavy atom. The van der Waals surface area contributed by atoms with Gasteiger partial charge in [0.1, 0.15) is 0 Å². The van der Waals surface area contributed by atoms with Crippen molar-refractivity contribution >= 4 is 5.71 Å². The lowest BCUT2D eigenvalue weighted by Crippen LogP contribution is -2.05. The second kappa shape index (κ2) is 7.15. The molecule has 0 bridgehead atoms. The molecular weight excluding hydrogens is 190 g/mol. The lowest BCUT2D eigenvalue weighted by atomic mass is 10.1. The van der Waals surface area contributed by atoms with Gasteiger partial charge in [0, 0.05) is 5.71 Å². The summed E-state index contributed by atoms with van der Waals surface area (Å²) in [5, 5.41) is 8.49. The number of nitrogens with zero attached hydrogens (tertiary/aromatic N) is 1. The monoisotopic (exact) mass is 207 g/mol. The fourth-order valence-electron chi connectivity index (χ4n) is 1.22. The molecule has 1 rings (SSSR count). The molecule has 0 aromatic heterocycles. The maximum atomic E-state index is 8.49. The van der Waals surface area contributed by atoms with E-state index in [9.17, 15) is 0 Å². The molecule has 1 aromatic rings. The summed E-state index contributed by atoms with van der Waals surface area (Å²) in [5.41, 5.74) is 2.16. The van der Waals surface area contributed by atoms with Crippen molar-refractivity contribution in [3.63, 3.8) is 0 Å². The minimum absolute atomic E-state index is 0.0708. The van der Waals surface area contributed by atoms with Gasteiger partial charge in [-0.15, -0.1) is 0 Å². The standard InChI is InChI=1S/C12H17NO2/c1-11(12-5-3-2-4-6-12)13-7-9-15-10-8-14/h2-6,14H,7-10H2,1H3. The summed E-state index contributed by atoms with van der Waals surface area (Å²) in [4.78, 5) is 4.38. The summed E-state index contributed by atoms with van der Waals surface area (Å²) in [6.45, 7) is 3.65. The van der Waals surface area contributed by atoms with Crippen LogP contribution in [0, 0.1) is 0 Å². The zero-order valence-electron chi connectivity index (χ0n) is 9.02. The molecule has 0 fully saturated rings. The molecule has 3 nitrogen and oxygen atoms in total. The summed E-state index contributed by atoms with van der Waals surface area (Å²) < 4.78 is 5.11. The number of ether oxygens (including phenoxy) is 1. The van der Waals surface area contributed by atoms with Crippen molar-refractivity contribution in [3.8, 4) is 0 Å². The molecule has 0 aliphatic rings. The van der Waals surface area contributed by atoms with Gasteiger partial charge >= 0.3 is 0 Å². The van der Waals surface area contributed by atoms with Crippen molar-refractivity contribution in [1.82, 2.24) is 0 Å². The van der Waals surface area contributed by atoms with Crippen LogP contribution in [0.15, 0.2) is 35.3 Å². The smallest absolute Gasteiger partial charge is 0.0698 e. The average molecular weight is 207 g/mol. The molecule has 1 N–H and O–H groups in total. The van der Waals surface area contributed by atoms with Crippen LogP contribution in [0.5, 0.6) is 0 Å². The third kappa shape index (κ3) is 4.72. The van der Waals surface area contributed by atoms with Crippen LogP contribution in [0.3, 0.4) is 0 Å². The van der Waals surface area contributed by atoms with E-state index in [2.05, 4.69) is 4.99 Å². The third-order valence-corrected chi connectivity index (χ3v) is 2.01. The van der Waals surface area contributed by atoms with Crippen LogP contribution in [0.1, 0.15) is 12.5 Å². The van der Waals surface area contributed by atoms with E-state index >= 15 is 0 Å². The number of aliphatic imine (C=N–C) groups is 1. The molecule has 0 saturated carbocycles. The van der Waals surface area contributed by atoms with E-state index in [1.54, 1.807) is 0 Å². The van der Waals surface area contributed by atoms with Gasteiger partial charge in [-0.25, -0.2) is 0 Å². The number of aliphatic hydroxyl groups excluding tert-OH is 1. The molecule has 0 radical (unpaired) electrons. The zero-order valence-corrected chi connectivity index (χ0v) is 9.02. The first-order valence-electron chi connectivity index (χ1n) is 5.09. The molecule has 82 valence electrons. The largest absolute Gasteiger partial charge is 0.394 e. The summed E-state index contributed by atoms with van der Waals surface area (Å²) in [6, 6.07) is 10.1. The number of rotatable bonds is 6. The summed E-state index contributed by atoms with van der Waals surface area (Å²) in [7, 11) is 0. The maximum absolute atomic E-state index is 8.49. The van der Waals surface area contributed by atoms with E-state index in [1.807, 2.05) is 37.3 Å². The first kappa shape index (κ1) is 11.9. The predicted octanol–water partition coefficient (Wildman–Crippen LogP) is 1.50. The Morgan fingerprint density at radius 1 is 1.27 bits per heavy atom. The van der Waals surface area contributed by atoms with Gasteiger partial charge in [0.05, 0.1) is 26.4 Å². The second-order valence-corrected chi connectivity index (χ2v) is 3.17. The zero-order chi connectivity index (χ0) is 10.9. The van der Waals surface area contributed by atoms with E-state index in [1.165, 1.54) is 0 Å². The van der Waals surface area contributed by atoms with Crippen molar-refractivity contribution in [2.45, 2.75) is 6.92 Å². The Balaban J connectivity index is 2.33. The second-order valence-electron chi connectivity index (χ2n) is 3.17. The average Bonchev–Trinajstić information content (AvgIpc) is 2.30. The van der Waals surface area contributed by atoms with Gasteiger partial charge in [0.15, 0.2) is 0 Å². The molecule has 0 saturated heterocycles. The highest BCUT2D eigenvalue weighted by molar-refractivity contribution is 5.98. The Morgan fingerprint density at radius 2 is 2.00 bits per heavy atom. The molecule has 3 heteroatoms. The van der Waals surface area contributed by atoms with Crippen molar-refractivity contribution < 1.29 is 9.84 Å². The highest BCUT2D eigenvalue weighted by Gasteiger charge is 1.94. The van der Waals surface area contributed by atoms with E-state index in [4.69, 9.17) is 9.84 Å². The predicted molar refractivity (Wildman–Crippen MR) is 61.4 cm³/mol. The number of hydrogen-bond donors (Lipinski definition) is 1. The van der Waals surface area contributed by atoms with Crippen molar-refractivity contribution in [2.75, 3.05) is 26.4 Å². The van der Waals surface area contributed by atoms with Gasteiger partial charge in [0.25, 0.3) is 0 Å². The Kier molecular flexibility index (Phi) is 5.66. The maximum Gasteiger partial charge on any atom is 0.0698 e. The van der Waals surface area contributed by atoms with E-state index in [-0.39, 0.29) is 6.61 Å². The SMILES string of the molecule is CC(=NCCOCCO)c1ccccc1. The molecule has 0 amide bonds. The third-order valence-electron chi connectivity index (χ3n) is 2.01. The molecule has 0 aliphatic carbocycles. The first-order valence-corrected chi connectivity index (χ1v) is 5.09. The highest BCUT2D eigenvalue weighted by atomic mass is 16.5. The Bertz CT molecular complexity index is 296. The molecule has 1 aromatic carbocycles. The van der Waals surface area contributed by atoms with Crippen molar-refractivity contribution in [3.05, 3.63) is 35.9 Å². The molecule has 0 unspecified atom stereocenters. The minimum atomic E-state index is 0.0708. The van der Waals surface area contributed by atoms with Crippen molar-refractivity contribution in [1.29, 1.82) is 0 Å². The van der Waals surface area contributed by atoms with E-state index < -0.39 is 0 Å². The summed E-state index contributed by atoms with van der Waals surface area (Å²) >= 11 is 0. The topological polar surface area (TPSA) is 41.8 Å².